The Balaban J connectivity index is 2.90. The van der Waals surface area contributed by atoms with Crippen molar-refractivity contribution in [3.63, 3.8) is 0 Å². The predicted molar refractivity (Wildman–Crippen MR) is 64.8 cm³/mol. The van der Waals surface area contributed by atoms with Crippen molar-refractivity contribution in [2.75, 3.05) is 12.8 Å². The number of nitrogens with two attached hydrogens (primary N) is 1. The fraction of sp³-hybridized carbons (Fsp3) is 0.583. The largest absolute Gasteiger partial charge is 0.383 e. The minimum absolute atomic E-state index is 0.0563. The smallest absolute Gasteiger partial charge is 0.127 e. The number of nitrogens with one attached hydrogen (secondary N) is 1. The lowest BCUT2D eigenvalue weighted by Crippen LogP contribution is -2.31. The third kappa shape index (κ3) is 2.93. The molecule has 1 atom stereocenters. The number of rotatable bonds is 4. The molecule has 3 N–H and O–H groups in total. The van der Waals surface area contributed by atoms with Gasteiger partial charge in [-0.1, -0.05) is 19.9 Å². The Bertz CT molecular complexity index is 320. The van der Waals surface area contributed by atoms with Crippen LogP contribution in [-0.2, 0) is 5.41 Å². The Hall–Kier alpha value is -1.09. The first-order chi connectivity index (χ1) is 6.97. The van der Waals surface area contributed by atoms with Crippen molar-refractivity contribution in [1.29, 1.82) is 0 Å². The van der Waals surface area contributed by atoms with Crippen LogP contribution in [0.1, 0.15) is 32.8 Å². The molecule has 1 aromatic heterocycles. The van der Waals surface area contributed by atoms with Gasteiger partial charge in [0.2, 0.25) is 0 Å². The minimum atomic E-state index is 0.0563. The second-order valence-electron chi connectivity index (χ2n) is 4.71. The topological polar surface area (TPSA) is 50.9 Å². The molecular formula is C12H21N3. The Morgan fingerprint density at radius 1 is 1.53 bits per heavy atom. The normalized spacial score (nSPS) is 13.9. The van der Waals surface area contributed by atoms with Gasteiger partial charge in [0.1, 0.15) is 5.82 Å². The van der Waals surface area contributed by atoms with Crippen molar-refractivity contribution in [2.45, 2.75) is 38.6 Å². The van der Waals surface area contributed by atoms with Gasteiger partial charge >= 0.3 is 0 Å². The molecule has 15 heavy (non-hydrogen) atoms. The van der Waals surface area contributed by atoms with Gasteiger partial charge in [0.25, 0.3) is 0 Å². The quantitative estimate of drug-likeness (QED) is 0.793. The lowest BCUT2D eigenvalue weighted by molar-refractivity contribution is 0.405. The van der Waals surface area contributed by atoms with Gasteiger partial charge in [0, 0.05) is 12.2 Å². The maximum atomic E-state index is 5.89. The molecule has 0 aliphatic heterocycles. The first kappa shape index (κ1) is 12.0. The van der Waals surface area contributed by atoms with E-state index in [0.29, 0.717) is 11.9 Å². The van der Waals surface area contributed by atoms with Gasteiger partial charge in [0.05, 0.1) is 0 Å². The van der Waals surface area contributed by atoms with E-state index in [9.17, 15) is 0 Å². The van der Waals surface area contributed by atoms with Crippen molar-refractivity contribution in [3.05, 3.63) is 23.9 Å². The highest BCUT2D eigenvalue weighted by Crippen LogP contribution is 2.31. The molecule has 1 rings (SSSR count). The second kappa shape index (κ2) is 4.62. The number of hydrogen-bond acceptors (Lipinski definition) is 3. The molecule has 1 heterocycles. The van der Waals surface area contributed by atoms with Crippen molar-refractivity contribution < 1.29 is 0 Å². The molecule has 3 nitrogen and oxygen atoms in total. The highest BCUT2D eigenvalue weighted by Gasteiger charge is 2.25. The molecule has 0 amide bonds. The van der Waals surface area contributed by atoms with Gasteiger partial charge < -0.3 is 11.1 Å². The van der Waals surface area contributed by atoms with Gasteiger partial charge in [-0.2, -0.15) is 0 Å². The van der Waals surface area contributed by atoms with Crippen LogP contribution in [0.2, 0.25) is 0 Å². The van der Waals surface area contributed by atoms with Crippen LogP contribution in [0.5, 0.6) is 0 Å². The number of nitrogens with zero attached hydrogens (tertiary/aromatic N) is 1. The van der Waals surface area contributed by atoms with Crippen molar-refractivity contribution in [1.82, 2.24) is 10.3 Å². The van der Waals surface area contributed by atoms with Crippen molar-refractivity contribution in [3.8, 4) is 0 Å². The molecule has 0 radical (unpaired) electrons. The van der Waals surface area contributed by atoms with Crippen LogP contribution in [0.25, 0.3) is 0 Å². The Kier molecular flexibility index (Phi) is 3.69. The van der Waals surface area contributed by atoms with E-state index in [1.165, 1.54) is 0 Å². The summed E-state index contributed by atoms with van der Waals surface area (Å²) < 4.78 is 0. The molecule has 3 heteroatoms. The fourth-order valence-electron chi connectivity index (χ4n) is 1.97. The van der Waals surface area contributed by atoms with E-state index in [1.807, 2.05) is 13.1 Å². The van der Waals surface area contributed by atoms with Crippen LogP contribution in [0.3, 0.4) is 0 Å². The number of aromatic nitrogens is 1. The van der Waals surface area contributed by atoms with E-state index in [2.05, 4.69) is 37.1 Å². The maximum Gasteiger partial charge on any atom is 0.127 e. The van der Waals surface area contributed by atoms with Gasteiger partial charge in [0.15, 0.2) is 0 Å². The number of nitrogen functional groups attached to an aromatic ring is 1. The van der Waals surface area contributed by atoms with E-state index in [0.717, 1.165) is 12.0 Å². The third-order valence-electron chi connectivity index (χ3n) is 2.88. The zero-order valence-corrected chi connectivity index (χ0v) is 10.0. The summed E-state index contributed by atoms with van der Waals surface area (Å²) in [4.78, 5) is 4.14. The Morgan fingerprint density at radius 2 is 2.20 bits per heavy atom. The molecule has 0 spiro atoms. The molecule has 0 aliphatic carbocycles. The van der Waals surface area contributed by atoms with Crippen LogP contribution in [-0.4, -0.2) is 18.1 Å². The van der Waals surface area contributed by atoms with Gasteiger partial charge in [-0.25, -0.2) is 4.98 Å². The number of pyridine rings is 1. The predicted octanol–water partition coefficient (Wildman–Crippen LogP) is 1.94. The van der Waals surface area contributed by atoms with E-state index in [-0.39, 0.29) is 5.41 Å². The maximum absolute atomic E-state index is 5.89. The molecule has 0 fully saturated rings. The molecule has 1 unspecified atom stereocenters. The third-order valence-corrected chi connectivity index (χ3v) is 2.88. The van der Waals surface area contributed by atoms with E-state index < -0.39 is 0 Å². The SMILES string of the molecule is CNC(C)CC(C)(C)c1cccnc1N. The van der Waals surface area contributed by atoms with Crippen LogP contribution in [0.4, 0.5) is 5.82 Å². The monoisotopic (exact) mass is 207 g/mol. The lowest BCUT2D eigenvalue weighted by atomic mass is 9.79. The van der Waals surface area contributed by atoms with Gasteiger partial charge in [-0.15, -0.1) is 0 Å². The highest BCUT2D eigenvalue weighted by atomic mass is 14.9. The standard InChI is InChI=1S/C12H21N3/c1-9(14-4)8-12(2,3)10-6-5-7-15-11(10)13/h5-7,9,14H,8H2,1-4H3,(H2,13,15). The summed E-state index contributed by atoms with van der Waals surface area (Å²) in [5, 5.41) is 3.25. The summed E-state index contributed by atoms with van der Waals surface area (Å²) in [6.45, 7) is 6.58. The number of hydrogen-bond donors (Lipinski definition) is 2. The van der Waals surface area contributed by atoms with Gasteiger partial charge in [-0.05, 0) is 37.4 Å². The summed E-state index contributed by atoms with van der Waals surface area (Å²) >= 11 is 0. The molecular weight excluding hydrogens is 186 g/mol. The average molecular weight is 207 g/mol. The second-order valence-corrected chi connectivity index (χ2v) is 4.71. The van der Waals surface area contributed by atoms with E-state index >= 15 is 0 Å². The van der Waals surface area contributed by atoms with Crippen molar-refractivity contribution in [2.24, 2.45) is 0 Å². The molecule has 0 aliphatic rings. The zero-order valence-electron chi connectivity index (χ0n) is 10.0. The molecule has 0 aromatic carbocycles. The van der Waals surface area contributed by atoms with Crippen LogP contribution < -0.4 is 11.1 Å². The van der Waals surface area contributed by atoms with Crippen LogP contribution in [0.15, 0.2) is 18.3 Å². The summed E-state index contributed by atoms with van der Waals surface area (Å²) in [6, 6.07) is 4.47. The minimum Gasteiger partial charge on any atom is -0.383 e. The van der Waals surface area contributed by atoms with Gasteiger partial charge in [-0.3, -0.25) is 0 Å². The van der Waals surface area contributed by atoms with E-state index in [1.54, 1.807) is 6.20 Å². The molecule has 0 bridgehead atoms. The molecule has 84 valence electrons. The molecule has 1 aromatic rings. The zero-order chi connectivity index (χ0) is 11.5. The summed E-state index contributed by atoms with van der Waals surface area (Å²) in [6.07, 6.45) is 2.77. The van der Waals surface area contributed by atoms with Crippen LogP contribution >= 0.6 is 0 Å². The van der Waals surface area contributed by atoms with E-state index in [4.69, 9.17) is 5.73 Å². The number of anilines is 1. The fourth-order valence-corrected chi connectivity index (χ4v) is 1.97. The first-order valence-electron chi connectivity index (χ1n) is 5.35. The average Bonchev–Trinajstić information content (AvgIpc) is 2.17. The molecule has 0 saturated heterocycles. The molecule has 0 saturated carbocycles. The first-order valence-corrected chi connectivity index (χ1v) is 5.35. The highest BCUT2D eigenvalue weighted by molar-refractivity contribution is 5.43. The lowest BCUT2D eigenvalue weighted by Gasteiger charge is -2.29. The summed E-state index contributed by atoms with van der Waals surface area (Å²) in [7, 11) is 1.98. The Labute approximate surface area is 92.1 Å². The van der Waals surface area contributed by atoms with Crippen molar-refractivity contribution >= 4 is 5.82 Å². The summed E-state index contributed by atoms with van der Waals surface area (Å²) in [5.41, 5.74) is 7.08. The summed E-state index contributed by atoms with van der Waals surface area (Å²) in [5.74, 6) is 0.644. The Morgan fingerprint density at radius 3 is 2.73 bits per heavy atom. The van der Waals surface area contributed by atoms with Crippen LogP contribution in [0, 0.1) is 0 Å².